The number of rotatable bonds is 13. The van der Waals surface area contributed by atoms with Crippen LogP contribution in [0.1, 0.15) is 0 Å². The minimum Gasteiger partial charge on any atom is -0.491 e. The monoisotopic (exact) mass is 436 g/mol. The molecule has 0 saturated carbocycles. The lowest BCUT2D eigenvalue weighted by Gasteiger charge is -2.11. The molecule has 0 aromatic heterocycles. The molecule has 32 heavy (non-hydrogen) atoms. The molecule has 7 heteroatoms. The molecule has 3 aromatic carbocycles. The second-order valence-corrected chi connectivity index (χ2v) is 6.81. The van der Waals surface area contributed by atoms with Gasteiger partial charge in [-0.3, -0.25) is 4.79 Å². The zero-order valence-electron chi connectivity index (χ0n) is 18.1. The van der Waals surface area contributed by atoms with Crippen molar-refractivity contribution < 1.29 is 23.7 Å². The van der Waals surface area contributed by atoms with Crippen LogP contribution in [0.3, 0.4) is 0 Å². The summed E-state index contributed by atoms with van der Waals surface area (Å²) in [5.74, 6) is 2.08. The second kappa shape index (κ2) is 12.9. The van der Waals surface area contributed by atoms with Crippen LogP contribution in [0.4, 0.5) is 11.4 Å². The first-order valence-electron chi connectivity index (χ1n) is 10.4. The molecule has 3 aromatic rings. The SMILES string of the molecule is COCCOc1cccc(NC(=O)CNc2ccc(OCCOc3ccccc3)cc2)c1. The highest BCUT2D eigenvalue weighted by Gasteiger charge is 2.04. The summed E-state index contributed by atoms with van der Waals surface area (Å²) < 4.78 is 21.8. The largest absolute Gasteiger partial charge is 0.491 e. The fourth-order valence-electron chi connectivity index (χ4n) is 2.80. The third-order valence-electron chi connectivity index (χ3n) is 4.35. The Balaban J connectivity index is 1.36. The first-order chi connectivity index (χ1) is 15.7. The van der Waals surface area contributed by atoms with Crippen molar-refractivity contribution in [3.63, 3.8) is 0 Å². The molecule has 7 nitrogen and oxygen atoms in total. The standard InChI is InChI=1S/C25H28N2O5/c1-29-14-15-32-24-9-5-6-21(18-24)27-25(28)19-26-20-10-12-23(13-11-20)31-17-16-30-22-7-3-2-4-8-22/h2-13,18,26H,14-17,19H2,1H3,(H,27,28). The van der Waals surface area contributed by atoms with E-state index in [9.17, 15) is 4.79 Å². The molecule has 0 saturated heterocycles. The Morgan fingerprint density at radius 1 is 0.688 bits per heavy atom. The van der Waals surface area contributed by atoms with Gasteiger partial charge in [-0.1, -0.05) is 24.3 Å². The Morgan fingerprint density at radius 2 is 1.31 bits per heavy atom. The quantitative estimate of drug-likeness (QED) is 0.391. The van der Waals surface area contributed by atoms with Gasteiger partial charge in [0, 0.05) is 24.6 Å². The number of hydrogen-bond donors (Lipinski definition) is 2. The lowest BCUT2D eigenvalue weighted by Crippen LogP contribution is -2.21. The highest BCUT2D eigenvalue weighted by atomic mass is 16.5. The molecule has 0 spiro atoms. The van der Waals surface area contributed by atoms with E-state index < -0.39 is 0 Å². The maximum atomic E-state index is 12.2. The van der Waals surface area contributed by atoms with Crippen molar-refractivity contribution in [1.82, 2.24) is 0 Å². The fraction of sp³-hybridized carbons (Fsp3) is 0.240. The Morgan fingerprint density at radius 3 is 2.03 bits per heavy atom. The summed E-state index contributed by atoms with van der Waals surface area (Å²) in [6.07, 6.45) is 0. The van der Waals surface area contributed by atoms with Crippen molar-refractivity contribution in [3.05, 3.63) is 78.9 Å². The summed E-state index contributed by atoms with van der Waals surface area (Å²) in [5.41, 5.74) is 1.50. The van der Waals surface area contributed by atoms with Crippen LogP contribution < -0.4 is 24.8 Å². The summed E-state index contributed by atoms with van der Waals surface area (Å²) in [7, 11) is 1.62. The Kier molecular flexibility index (Phi) is 9.23. The number of anilines is 2. The van der Waals surface area contributed by atoms with Gasteiger partial charge in [-0.05, 0) is 48.5 Å². The van der Waals surface area contributed by atoms with E-state index in [0.717, 1.165) is 17.2 Å². The molecule has 0 bridgehead atoms. The molecule has 3 rings (SSSR count). The van der Waals surface area contributed by atoms with Gasteiger partial charge in [0.25, 0.3) is 0 Å². The lowest BCUT2D eigenvalue weighted by molar-refractivity contribution is -0.114. The van der Waals surface area contributed by atoms with E-state index in [-0.39, 0.29) is 12.5 Å². The third kappa shape index (κ3) is 8.20. The van der Waals surface area contributed by atoms with E-state index in [2.05, 4.69) is 10.6 Å². The van der Waals surface area contributed by atoms with E-state index >= 15 is 0 Å². The zero-order chi connectivity index (χ0) is 22.4. The summed E-state index contributed by atoms with van der Waals surface area (Å²) in [5, 5.41) is 5.95. The van der Waals surface area contributed by atoms with Gasteiger partial charge in [0.15, 0.2) is 0 Å². The van der Waals surface area contributed by atoms with Crippen molar-refractivity contribution in [2.24, 2.45) is 0 Å². The number of benzene rings is 3. The number of ether oxygens (including phenoxy) is 4. The molecule has 0 radical (unpaired) electrons. The molecule has 0 aliphatic rings. The van der Waals surface area contributed by atoms with Crippen molar-refractivity contribution in [2.75, 3.05) is 50.7 Å². The van der Waals surface area contributed by atoms with Gasteiger partial charge >= 0.3 is 0 Å². The van der Waals surface area contributed by atoms with Crippen LogP contribution in [0.2, 0.25) is 0 Å². The minimum atomic E-state index is -0.155. The van der Waals surface area contributed by atoms with E-state index in [4.69, 9.17) is 18.9 Å². The molecular weight excluding hydrogens is 408 g/mol. The molecule has 0 aliphatic heterocycles. The first kappa shape index (κ1) is 23.0. The van der Waals surface area contributed by atoms with E-state index in [1.54, 1.807) is 13.2 Å². The molecule has 2 N–H and O–H groups in total. The van der Waals surface area contributed by atoms with Crippen LogP contribution in [0.25, 0.3) is 0 Å². The molecule has 0 aliphatic carbocycles. The maximum absolute atomic E-state index is 12.2. The predicted octanol–water partition coefficient (Wildman–Crippen LogP) is 4.22. The van der Waals surface area contributed by atoms with Crippen LogP contribution in [-0.4, -0.2) is 46.0 Å². The van der Waals surface area contributed by atoms with Gasteiger partial charge in [0.2, 0.25) is 5.91 Å². The Labute approximate surface area is 188 Å². The highest BCUT2D eigenvalue weighted by Crippen LogP contribution is 2.18. The molecule has 0 fully saturated rings. The molecule has 0 unspecified atom stereocenters. The first-order valence-corrected chi connectivity index (χ1v) is 10.4. The molecule has 0 atom stereocenters. The molecule has 168 valence electrons. The average Bonchev–Trinajstić information content (AvgIpc) is 2.82. The van der Waals surface area contributed by atoms with E-state index in [1.807, 2.05) is 72.8 Å². The minimum absolute atomic E-state index is 0.139. The van der Waals surface area contributed by atoms with Crippen molar-refractivity contribution in [3.8, 4) is 17.2 Å². The topological polar surface area (TPSA) is 78.1 Å². The number of amides is 1. The van der Waals surface area contributed by atoms with Gasteiger partial charge in [0.05, 0.1) is 13.2 Å². The normalized spacial score (nSPS) is 10.3. The predicted molar refractivity (Wildman–Crippen MR) is 125 cm³/mol. The van der Waals surface area contributed by atoms with Crippen LogP contribution in [-0.2, 0) is 9.53 Å². The Hall–Kier alpha value is -3.71. The number of methoxy groups -OCH3 is 1. The number of nitrogens with one attached hydrogen (secondary N) is 2. The number of para-hydroxylation sites is 1. The van der Waals surface area contributed by atoms with Gasteiger partial charge in [-0.2, -0.15) is 0 Å². The summed E-state index contributed by atoms with van der Waals surface area (Å²) in [6.45, 7) is 2.00. The van der Waals surface area contributed by atoms with Gasteiger partial charge in [0.1, 0.15) is 37.1 Å². The molecular formula is C25H28N2O5. The van der Waals surface area contributed by atoms with Crippen LogP contribution >= 0.6 is 0 Å². The third-order valence-corrected chi connectivity index (χ3v) is 4.35. The van der Waals surface area contributed by atoms with Gasteiger partial charge in [-0.15, -0.1) is 0 Å². The number of carbonyl (C=O) groups is 1. The Bertz CT molecular complexity index is 948. The van der Waals surface area contributed by atoms with E-state index in [0.29, 0.717) is 37.9 Å². The highest BCUT2D eigenvalue weighted by molar-refractivity contribution is 5.93. The van der Waals surface area contributed by atoms with Crippen LogP contribution in [0, 0.1) is 0 Å². The number of hydrogen-bond acceptors (Lipinski definition) is 6. The molecule has 1 amide bonds. The van der Waals surface area contributed by atoms with Crippen molar-refractivity contribution >= 4 is 17.3 Å². The summed E-state index contributed by atoms with van der Waals surface area (Å²) >= 11 is 0. The van der Waals surface area contributed by atoms with E-state index in [1.165, 1.54) is 0 Å². The summed E-state index contributed by atoms with van der Waals surface area (Å²) in [6, 6.07) is 24.3. The fourth-order valence-corrected chi connectivity index (χ4v) is 2.80. The van der Waals surface area contributed by atoms with Crippen molar-refractivity contribution in [2.45, 2.75) is 0 Å². The van der Waals surface area contributed by atoms with Crippen LogP contribution in [0.5, 0.6) is 17.2 Å². The zero-order valence-corrected chi connectivity index (χ0v) is 18.1. The smallest absolute Gasteiger partial charge is 0.243 e. The lowest BCUT2D eigenvalue weighted by atomic mass is 10.3. The van der Waals surface area contributed by atoms with Gasteiger partial charge < -0.3 is 29.6 Å². The second-order valence-electron chi connectivity index (χ2n) is 6.81. The summed E-state index contributed by atoms with van der Waals surface area (Å²) in [4.78, 5) is 12.2. The average molecular weight is 437 g/mol. The van der Waals surface area contributed by atoms with Crippen molar-refractivity contribution in [1.29, 1.82) is 0 Å². The van der Waals surface area contributed by atoms with Gasteiger partial charge in [-0.25, -0.2) is 0 Å². The van der Waals surface area contributed by atoms with Crippen LogP contribution in [0.15, 0.2) is 78.9 Å². The number of carbonyl (C=O) groups excluding carboxylic acids is 1. The molecule has 0 heterocycles. The maximum Gasteiger partial charge on any atom is 0.243 e.